The van der Waals surface area contributed by atoms with Crippen LogP contribution in [0.5, 0.6) is 0 Å². The van der Waals surface area contributed by atoms with Crippen molar-refractivity contribution in [3.05, 3.63) is 35.4 Å². The number of piperazine rings is 1. The average Bonchev–Trinajstić information content (AvgIpc) is 2.49. The number of nitrogens with zero attached hydrogens (tertiary/aromatic N) is 2. The molecular weight excluding hydrogens is 286 g/mol. The summed E-state index contributed by atoms with van der Waals surface area (Å²) in [5.41, 5.74) is 1.73. The Morgan fingerprint density at radius 1 is 1.24 bits per heavy atom. The number of nitrogens with one attached hydrogen (secondary N) is 1. The van der Waals surface area contributed by atoms with Crippen molar-refractivity contribution >= 4 is 23.2 Å². The van der Waals surface area contributed by atoms with Gasteiger partial charge in [0.2, 0.25) is 0 Å². The average molecular weight is 307 g/mol. The highest BCUT2D eigenvalue weighted by Gasteiger charge is 2.19. The molecule has 5 nitrogen and oxygen atoms in total. The second-order valence-corrected chi connectivity index (χ2v) is 5.56. The molecule has 0 unspecified atom stereocenters. The summed E-state index contributed by atoms with van der Waals surface area (Å²) in [7, 11) is 0. The Balaban J connectivity index is 1.84. The van der Waals surface area contributed by atoms with Crippen molar-refractivity contribution in [1.29, 1.82) is 0 Å². The topological polar surface area (TPSA) is 55.8 Å². The van der Waals surface area contributed by atoms with Crippen LogP contribution in [0.3, 0.4) is 0 Å². The van der Waals surface area contributed by atoms with Gasteiger partial charge in [-0.2, -0.15) is 0 Å². The van der Waals surface area contributed by atoms with Crippen LogP contribution < -0.4 is 5.32 Å². The standard InChI is InChI=1S/C15H21N3O2S/c1-12-2-4-13(5-3-12)14(20)16-15(21)18-8-6-17(7-9-18)10-11-19/h2-5,19H,6-11H2,1H3,(H,16,20,21). The molecule has 2 N–H and O–H groups in total. The molecule has 0 radical (unpaired) electrons. The summed E-state index contributed by atoms with van der Waals surface area (Å²) >= 11 is 5.31. The molecule has 0 bridgehead atoms. The van der Waals surface area contributed by atoms with Gasteiger partial charge < -0.3 is 10.0 Å². The van der Waals surface area contributed by atoms with E-state index in [2.05, 4.69) is 10.2 Å². The predicted molar refractivity (Wildman–Crippen MR) is 86.3 cm³/mol. The van der Waals surface area contributed by atoms with Gasteiger partial charge in [0.25, 0.3) is 5.91 Å². The normalized spacial score (nSPS) is 15.8. The molecule has 6 heteroatoms. The van der Waals surface area contributed by atoms with Crippen molar-refractivity contribution in [2.24, 2.45) is 0 Å². The van der Waals surface area contributed by atoms with Crippen LogP contribution in [0.25, 0.3) is 0 Å². The molecule has 0 aliphatic carbocycles. The molecule has 2 rings (SSSR count). The van der Waals surface area contributed by atoms with E-state index in [9.17, 15) is 4.79 Å². The first-order chi connectivity index (χ1) is 10.1. The second kappa shape index (κ2) is 7.49. The van der Waals surface area contributed by atoms with Gasteiger partial charge in [-0.25, -0.2) is 0 Å². The van der Waals surface area contributed by atoms with Crippen LogP contribution in [0.4, 0.5) is 0 Å². The van der Waals surface area contributed by atoms with Gasteiger partial charge in [0, 0.05) is 38.3 Å². The van der Waals surface area contributed by atoms with E-state index in [-0.39, 0.29) is 12.5 Å². The van der Waals surface area contributed by atoms with Crippen LogP contribution >= 0.6 is 12.2 Å². The molecule has 0 spiro atoms. The van der Waals surface area contributed by atoms with Gasteiger partial charge in [-0.1, -0.05) is 17.7 Å². The fourth-order valence-electron chi connectivity index (χ4n) is 2.27. The number of carbonyl (C=O) groups excluding carboxylic acids is 1. The van der Waals surface area contributed by atoms with E-state index in [0.29, 0.717) is 17.2 Å². The second-order valence-electron chi connectivity index (χ2n) is 5.18. The SMILES string of the molecule is Cc1ccc(C(=O)NC(=S)N2CCN(CCO)CC2)cc1. The molecular formula is C15H21N3O2S. The number of hydrogen-bond acceptors (Lipinski definition) is 4. The summed E-state index contributed by atoms with van der Waals surface area (Å²) in [5, 5.41) is 12.2. The zero-order chi connectivity index (χ0) is 15.2. The molecule has 1 aliphatic rings. The van der Waals surface area contributed by atoms with Crippen molar-refractivity contribution in [2.75, 3.05) is 39.3 Å². The zero-order valence-electron chi connectivity index (χ0n) is 12.2. The van der Waals surface area contributed by atoms with Crippen molar-refractivity contribution in [1.82, 2.24) is 15.1 Å². The Bertz CT molecular complexity index is 496. The van der Waals surface area contributed by atoms with Gasteiger partial charge >= 0.3 is 0 Å². The maximum atomic E-state index is 12.1. The first-order valence-electron chi connectivity index (χ1n) is 7.10. The highest BCUT2D eigenvalue weighted by molar-refractivity contribution is 7.80. The van der Waals surface area contributed by atoms with Crippen molar-refractivity contribution in [3.8, 4) is 0 Å². The van der Waals surface area contributed by atoms with E-state index in [4.69, 9.17) is 17.3 Å². The molecule has 1 fully saturated rings. The summed E-state index contributed by atoms with van der Waals surface area (Å²) < 4.78 is 0. The Kier molecular flexibility index (Phi) is 5.67. The third-order valence-electron chi connectivity index (χ3n) is 3.61. The minimum atomic E-state index is -0.169. The molecule has 114 valence electrons. The molecule has 1 amide bonds. The number of rotatable bonds is 3. The van der Waals surface area contributed by atoms with Crippen LogP contribution in [0.15, 0.2) is 24.3 Å². The minimum Gasteiger partial charge on any atom is -0.395 e. The van der Waals surface area contributed by atoms with Crippen LogP contribution in [-0.4, -0.2) is 65.3 Å². The summed E-state index contributed by atoms with van der Waals surface area (Å²) in [6, 6.07) is 7.41. The van der Waals surface area contributed by atoms with Gasteiger partial charge in [0.05, 0.1) is 6.61 Å². The predicted octanol–water partition coefficient (Wildman–Crippen LogP) is 0.620. The smallest absolute Gasteiger partial charge is 0.257 e. The van der Waals surface area contributed by atoms with Gasteiger partial charge in [-0.05, 0) is 31.3 Å². The first kappa shape index (κ1) is 15.9. The number of aliphatic hydroxyl groups excluding tert-OH is 1. The van der Waals surface area contributed by atoms with Gasteiger partial charge in [0.1, 0.15) is 0 Å². The molecule has 1 saturated heterocycles. The lowest BCUT2D eigenvalue weighted by Crippen LogP contribution is -2.53. The number of thiocarbonyl (C=S) groups is 1. The quantitative estimate of drug-likeness (QED) is 0.802. The Hall–Kier alpha value is -1.50. The maximum absolute atomic E-state index is 12.1. The summed E-state index contributed by atoms with van der Waals surface area (Å²) in [5.74, 6) is -0.169. The number of carbonyl (C=O) groups is 1. The molecule has 0 saturated carbocycles. The van der Waals surface area contributed by atoms with Crippen LogP contribution in [0, 0.1) is 6.92 Å². The van der Waals surface area contributed by atoms with E-state index >= 15 is 0 Å². The van der Waals surface area contributed by atoms with Crippen LogP contribution in [0.2, 0.25) is 0 Å². The van der Waals surface area contributed by atoms with Gasteiger partial charge in [0.15, 0.2) is 5.11 Å². The largest absolute Gasteiger partial charge is 0.395 e. The third kappa shape index (κ3) is 4.49. The Labute approximate surface area is 130 Å². The Morgan fingerprint density at radius 2 is 1.86 bits per heavy atom. The van der Waals surface area contributed by atoms with Crippen molar-refractivity contribution < 1.29 is 9.90 Å². The van der Waals surface area contributed by atoms with Crippen LogP contribution in [0.1, 0.15) is 15.9 Å². The number of hydrogen-bond donors (Lipinski definition) is 2. The lowest BCUT2D eigenvalue weighted by atomic mass is 10.1. The Morgan fingerprint density at radius 3 is 2.43 bits per heavy atom. The molecule has 1 heterocycles. The maximum Gasteiger partial charge on any atom is 0.257 e. The van der Waals surface area contributed by atoms with E-state index in [1.807, 2.05) is 24.0 Å². The first-order valence-corrected chi connectivity index (χ1v) is 7.51. The monoisotopic (exact) mass is 307 g/mol. The number of β-amino-alcohol motifs (C(OH)–C–C–N with tert-alkyl or cyclic N) is 1. The highest BCUT2D eigenvalue weighted by Crippen LogP contribution is 2.05. The fraction of sp³-hybridized carbons (Fsp3) is 0.467. The summed E-state index contributed by atoms with van der Waals surface area (Å²) in [6.45, 7) is 6.09. The van der Waals surface area contributed by atoms with Crippen LogP contribution in [-0.2, 0) is 0 Å². The number of benzene rings is 1. The lowest BCUT2D eigenvalue weighted by Gasteiger charge is -2.35. The van der Waals surface area contributed by atoms with E-state index in [1.165, 1.54) is 0 Å². The van der Waals surface area contributed by atoms with E-state index < -0.39 is 0 Å². The molecule has 1 aliphatic heterocycles. The van der Waals surface area contributed by atoms with Crippen molar-refractivity contribution in [2.45, 2.75) is 6.92 Å². The van der Waals surface area contributed by atoms with Crippen molar-refractivity contribution in [3.63, 3.8) is 0 Å². The molecule has 1 aromatic rings. The zero-order valence-corrected chi connectivity index (χ0v) is 13.0. The third-order valence-corrected chi connectivity index (χ3v) is 3.97. The van der Waals surface area contributed by atoms with Gasteiger partial charge in [-0.15, -0.1) is 0 Å². The molecule has 0 aromatic heterocycles. The number of aryl methyl sites for hydroxylation is 1. The van der Waals surface area contributed by atoms with E-state index in [0.717, 1.165) is 31.7 Å². The summed E-state index contributed by atoms with van der Waals surface area (Å²) in [4.78, 5) is 16.3. The molecule has 21 heavy (non-hydrogen) atoms. The molecule has 0 atom stereocenters. The highest BCUT2D eigenvalue weighted by atomic mass is 32.1. The minimum absolute atomic E-state index is 0.169. The lowest BCUT2D eigenvalue weighted by molar-refractivity contribution is 0.0968. The fourth-order valence-corrected chi connectivity index (χ4v) is 2.54. The van der Waals surface area contributed by atoms with E-state index in [1.54, 1.807) is 12.1 Å². The van der Waals surface area contributed by atoms with Gasteiger partial charge in [-0.3, -0.25) is 15.0 Å². The summed E-state index contributed by atoms with van der Waals surface area (Å²) in [6.07, 6.45) is 0. The number of aliphatic hydroxyl groups is 1. The molecule has 1 aromatic carbocycles. The number of amides is 1.